The highest BCUT2D eigenvalue weighted by molar-refractivity contribution is 7.93. The van der Waals surface area contributed by atoms with Crippen LogP contribution >= 0.6 is 0 Å². The summed E-state index contributed by atoms with van der Waals surface area (Å²) in [5.74, 6) is -1.30. The Balaban J connectivity index is 1.41. The van der Waals surface area contributed by atoms with E-state index >= 15 is 4.39 Å². The Morgan fingerprint density at radius 1 is 0.854 bits per heavy atom. The molecule has 3 aromatic rings. The summed E-state index contributed by atoms with van der Waals surface area (Å²) in [6.45, 7) is 3.94. The van der Waals surface area contributed by atoms with E-state index in [0.29, 0.717) is 48.0 Å². The number of halogens is 1. The molecule has 1 unspecified atom stereocenters. The number of sulfonamides is 1. The van der Waals surface area contributed by atoms with Gasteiger partial charge in [-0.3, -0.25) is 9.69 Å². The Morgan fingerprint density at radius 3 is 2.21 bits per heavy atom. The smallest absolute Gasteiger partial charge is 0.411 e. The summed E-state index contributed by atoms with van der Waals surface area (Å²) >= 11 is 0. The minimum Gasteiger partial charge on any atom is -0.497 e. The molecule has 2 saturated heterocycles. The van der Waals surface area contributed by atoms with Crippen molar-refractivity contribution < 1.29 is 41.3 Å². The van der Waals surface area contributed by atoms with Crippen molar-refractivity contribution in [2.45, 2.75) is 29.4 Å². The number of carbonyl (C=O) groups is 2. The molecule has 3 aliphatic rings. The van der Waals surface area contributed by atoms with Gasteiger partial charge in [-0.25, -0.2) is 17.6 Å². The fraction of sp³-hybridized carbons (Fsp3) is 0.412. The maximum absolute atomic E-state index is 15.1. The van der Waals surface area contributed by atoms with Gasteiger partial charge in [0.25, 0.3) is 15.9 Å². The van der Waals surface area contributed by atoms with Gasteiger partial charge in [-0.15, -0.1) is 0 Å². The molecule has 0 aromatic heterocycles. The van der Waals surface area contributed by atoms with Gasteiger partial charge in [0.1, 0.15) is 28.0 Å². The second-order valence-electron chi connectivity index (χ2n) is 12.1. The van der Waals surface area contributed by atoms with E-state index in [9.17, 15) is 18.0 Å². The fourth-order valence-corrected chi connectivity index (χ4v) is 8.36. The Labute approximate surface area is 279 Å². The van der Waals surface area contributed by atoms with Gasteiger partial charge in [-0.05, 0) is 75.4 Å². The van der Waals surface area contributed by atoms with Gasteiger partial charge < -0.3 is 28.7 Å². The van der Waals surface area contributed by atoms with Crippen molar-refractivity contribution in [3.05, 3.63) is 77.6 Å². The van der Waals surface area contributed by atoms with Crippen molar-refractivity contribution in [3.8, 4) is 17.2 Å². The van der Waals surface area contributed by atoms with E-state index in [1.807, 2.05) is 0 Å². The largest absolute Gasteiger partial charge is 0.497 e. The second kappa shape index (κ2) is 13.2. The number of anilines is 1. The number of fused-ring (bicyclic) bond motifs is 1. The Bertz CT molecular complexity index is 1810. The van der Waals surface area contributed by atoms with Crippen molar-refractivity contribution in [2.75, 3.05) is 72.0 Å². The number of rotatable bonds is 8. The van der Waals surface area contributed by atoms with Gasteiger partial charge in [0, 0.05) is 49.4 Å². The van der Waals surface area contributed by atoms with Crippen LogP contribution < -0.4 is 18.5 Å². The maximum Gasteiger partial charge on any atom is 0.411 e. The van der Waals surface area contributed by atoms with E-state index in [0.717, 1.165) is 38.1 Å². The van der Waals surface area contributed by atoms with Crippen molar-refractivity contribution in [1.82, 2.24) is 14.7 Å². The number of benzene rings is 3. The average Bonchev–Trinajstić information content (AvgIpc) is 3.35. The van der Waals surface area contributed by atoms with Gasteiger partial charge >= 0.3 is 6.09 Å². The lowest BCUT2D eigenvalue weighted by molar-refractivity contribution is -0.132. The quantitative estimate of drug-likeness (QED) is 0.348. The maximum atomic E-state index is 15.1. The summed E-state index contributed by atoms with van der Waals surface area (Å²) in [7, 11) is 1.52. The third kappa shape index (κ3) is 5.81. The minimum atomic E-state index is -4.73. The lowest BCUT2D eigenvalue weighted by atomic mass is 9.87. The van der Waals surface area contributed by atoms with Crippen molar-refractivity contribution in [3.63, 3.8) is 0 Å². The van der Waals surface area contributed by atoms with Gasteiger partial charge in [-0.1, -0.05) is 12.1 Å². The number of hydrogen-bond donors (Lipinski definition) is 0. The third-order valence-electron chi connectivity index (χ3n) is 9.42. The molecule has 14 heteroatoms. The molecule has 0 aliphatic carbocycles. The number of methoxy groups -OCH3 is 3. The van der Waals surface area contributed by atoms with E-state index in [4.69, 9.17) is 18.9 Å². The van der Waals surface area contributed by atoms with Crippen LogP contribution in [0, 0.1) is 5.82 Å². The summed E-state index contributed by atoms with van der Waals surface area (Å²) < 4.78 is 66.7. The normalized spacial score (nSPS) is 20.8. The van der Waals surface area contributed by atoms with Gasteiger partial charge in [0.05, 0.1) is 27.0 Å². The van der Waals surface area contributed by atoms with Crippen LogP contribution in [0.15, 0.2) is 65.6 Å². The van der Waals surface area contributed by atoms with Crippen molar-refractivity contribution in [2.24, 2.45) is 0 Å². The van der Waals surface area contributed by atoms with Crippen LogP contribution in [0.4, 0.5) is 14.9 Å². The number of piperazine rings is 1. The Hall–Kier alpha value is -4.40. The lowest BCUT2D eigenvalue weighted by Crippen LogP contribution is -2.55. The number of hydrogen-bond acceptors (Lipinski definition) is 10. The molecule has 0 bridgehead atoms. The molecule has 2 fully saturated rings. The molecule has 256 valence electrons. The SMILES string of the molecule is COc1cccc(C2(OC(=O)N3CCN(C4CCN(C)CC4)CC3)C(=O)N(S(=O)(=O)c3ccc(OC)cc3OC)c3ccc(F)cc32)c1. The summed E-state index contributed by atoms with van der Waals surface area (Å²) in [5.41, 5.74) is -2.59. The highest BCUT2D eigenvalue weighted by Gasteiger charge is 2.60. The Morgan fingerprint density at radius 2 is 1.54 bits per heavy atom. The first-order valence-corrected chi connectivity index (χ1v) is 17.1. The lowest BCUT2D eigenvalue weighted by Gasteiger charge is -2.42. The van der Waals surface area contributed by atoms with E-state index in [1.54, 1.807) is 12.1 Å². The predicted octanol–water partition coefficient (Wildman–Crippen LogP) is 3.68. The van der Waals surface area contributed by atoms with E-state index in [1.165, 1.54) is 62.6 Å². The monoisotopic (exact) mass is 682 g/mol. The van der Waals surface area contributed by atoms with Crippen LogP contribution in [-0.4, -0.2) is 109 Å². The third-order valence-corrected chi connectivity index (χ3v) is 11.2. The van der Waals surface area contributed by atoms with Gasteiger partial charge in [0.2, 0.25) is 5.60 Å². The molecular weight excluding hydrogens is 643 g/mol. The molecular formula is C34H39FN4O8S. The molecule has 3 aromatic carbocycles. The van der Waals surface area contributed by atoms with Crippen LogP contribution in [0.3, 0.4) is 0 Å². The van der Waals surface area contributed by atoms with Crippen LogP contribution in [0.1, 0.15) is 24.0 Å². The predicted molar refractivity (Wildman–Crippen MR) is 175 cm³/mol. The van der Waals surface area contributed by atoms with E-state index < -0.39 is 33.4 Å². The highest BCUT2D eigenvalue weighted by atomic mass is 32.2. The molecule has 3 aliphatic heterocycles. The minimum absolute atomic E-state index is 0.0795. The number of nitrogens with zero attached hydrogens (tertiary/aromatic N) is 4. The number of piperidine rings is 1. The summed E-state index contributed by atoms with van der Waals surface area (Å²) in [6.07, 6.45) is 1.26. The summed E-state index contributed by atoms with van der Waals surface area (Å²) in [6, 6.07) is 13.9. The van der Waals surface area contributed by atoms with Crippen LogP contribution in [0.2, 0.25) is 0 Å². The molecule has 1 atom stereocenters. The topological polar surface area (TPSA) is 118 Å². The Kier molecular flexibility index (Phi) is 9.25. The first-order valence-electron chi connectivity index (χ1n) is 15.7. The molecule has 3 heterocycles. The summed E-state index contributed by atoms with van der Waals surface area (Å²) in [5, 5.41) is 0. The van der Waals surface area contributed by atoms with Crippen molar-refractivity contribution >= 4 is 27.7 Å². The highest BCUT2D eigenvalue weighted by Crippen LogP contribution is 2.51. The first-order chi connectivity index (χ1) is 23.0. The standard InChI is InChI=1S/C34H39FN4O8S/c1-36-14-12-25(13-15-36)37-16-18-38(19-17-37)33(41)47-34(23-6-5-7-26(20-23)44-2)28-21-24(35)8-10-29(28)39(32(34)40)48(42,43)31-11-9-27(45-3)22-30(31)46-4/h5-11,20-22,25H,12-19H2,1-4H3. The molecule has 2 amide bonds. The zero-order valence-corrected chi connectivity index (χ0v) is 28.2. The van der Waals surface area contributed by atoms with Crippen LogP contribution in [0.5, 0.6) is 17.2 Å². The molecule has 48 heavy (non-hydrogen) atoms. The number of carbonyl (C=O) groups excluding carboxylic acids is 2. The summed E-state index contributed by atoms with van der Waals surface area (Å²) in [4.78, 5) is 34.7. The molecule has 0 N–H and O–H groups in total. The van der Waals surface area contributed by atoms with E-state index in [2.05, 4.69) is 16.8 Å². The molecule has 0 spiro atoms. The number of amides is 2. The number of ether oxygens (including phenoxy) is 4. The molecule has 0 saturated carbocycles. The number of likely N-dealkylation sites (tertiary alicyclic amines) is 1. The fourth-order valence-electron chi connectivity index (χ4n) is 6.76. The van der Waals surface area contributed by atoms with Gasteiger partial charge in [0.15, 0.2) is 0 Å². The van der Waals surface area contributed by atoms with E-state index in [-0.39, 0.29) is 27.5 Å². The van der Waals surface area contributed by atoms with Crippen LogP contribution in [-0.2, 0) is 25.2 Å². The molecule has 0 radical (unpaired) electrons. The van der Waals surface area contributed by atoms with Crippen molar-refractivity contribution in [1.29, 1.82) is 0 Å². The molecule has 12 nitrogen and oxygen atoms in total. The van der Waals surface area contributed by atoms with Crippen LogP contribution in [0.25, 0.3) is 0 Å². The zero-order valence-electron chi connectivity index (χ0n) is 27.3. The first kappa shape index (κ1) is 33.5. The average molecular weight is 683 g/mol. The molecule has 6 rings (SSSR count). The van der Waals surface area contributed by atoms with Gasteiger partial charge in [-0.2, -0.15) is 4.31 Å². The second-order valence-corrected chi connectivity index (χ2v) is 13.8. The zero-order chi connectivity index (χ0) is 34.2.